The topological polar surface area (TPSA) is 111 Å². The van der Waals surface area contributed by atoms with Crippen LogP contribution in [0.1, 0.15) is 48.4 Å². The Bertz CT molecular complexity index is 1210. The van der Waals surface area contributed by atoms with E-state index in [-0.39, 0.29) is 17.7 Å². The Morgan fingerprint density at radius 1 is 1.37 bits per heavy atom. The summed E-state index contributed by atoms with van der Waals surface area (Å²) in [6.45, 7) is 6.05. The number of nitrogens with zero attached hydrogens (tertiary/aromatic N) is 3. The molecule has 2 unspecified atom stereocenters. The van der Waals surface area contributed by atoms with Crippen LogP contribution in [0.15, 0.2) is 40.1 Å². The van der Waals surface area contributed by atoms with Crippen LogP contribution in [0.3, 0.4) is 0 Å². The second-order valence-electron chi connectivity index (χ2n) is 7.47. The van der Waals surface area contributed by atoms with Crippen LogP contribution in [0.5, 0.6) is 5.88 Å². The van der Waals surface area contributed by atoms with E-state index >= 15 is 0 Å². The maximum absolute atomic E-state index is 10.6. The van der Waals surface area contributed by atoms with Gasteiger partial charge in [-0.3, -0.25) is 4.99 Å². The van der Waals surface area contributed by atoms with Crippen molar-refractivity contribution in [1.82, 2.24) is 4.98 Å². The zero-order chi connectivity index (χ0) is 21.8. The average molecular weight is 402 g/mol. The molecule has 1 aliphatic rings. The van der Waals surface area contributed by atoms with Crippen molar-refractivity contribution in [2.45, 2.75) is 33.1 Å². The van der Waals surface area contributed by atoms with Gasteiger partial charge in [-0.15, -0.1) is 0 Å². The van der Waals surface area contributed by atoms with Gasteiger partial charge in [0.25, 0.3) is 0 Å². The quantitative estimate of drug-likeness (QED) is 0.670. The first-order chi connectivity index (χ1) is 14.4. The van der Waals surface area contributed by atoms with Crippen molar-refractivity contribution in [2.24, 2.45) is 21.6 Å². The van der Waals surface area contributed by atoms with Crippen LogP contribution >= 0.6 is 0 Å². The number of aromatic nitrogens is 1. The molecule has 0 bridgehead atoms. The summed E-state index contributed by atoms with van der Waals surface area (Å²) >= 11 is 0. The van der Waals surface area contributed by atoms with E-state index in [4.69, 9.17) is 5.73 Å². The largest absolute Gasteiger partial charge is 0.494 e. The van der Waals surface area contributed by atoms with Crippen molar-refractivity contribution in [3.05, 3.63) is 62.9 Å². The minimum atomic E-state index is 0.0801. The van der Waals surface area contributed by atoms with Crippen LogP contribution < -0.4 is 16.3 Å². The number of aliphatic imine (C=N–C) groups is 2. The highest BCUT2D eigenvalue weighted by Crippen LogP contribution is 2.34. The third kappa shape index (κ3) is 3.92. The third-order valence-electron chi connectivity index (χ3n) is 5.57. The Morgan fingerprint density at radius 3 is 2.77 bits per heavy atom. The predicted octanol–water partition coefficient (Wildman–Crippen LogP) is 2.59. The van der Waals surface area contributed by atoms with E-state index in [1.54, 1.807) is 13.3 Å². The molecule has 0 aliphatic heterocycles. The lowest BCUT2D eigenvalue weighted by Crippen LogP contribution is -2.34. The lowest BCUT2D eigenvalue weighted by atomic mass is 9.79. The van der Waals surface area contributed by atoms with E-state index < -0.39 is 0 Å². The number of allylic oxidation sites excluding steroid dienone is 1. The second kappa shape index (κ2) is 8.83. The van der Waals surface area contributed by atoms with Crippen molar-refractivity contribution in [3.8, 4) is 11.9 Å². The molecule has 0 spiro atoms. The maximum Gasteiger partial charge on any atom is 0.198 e. The van der Waals surface area contributed by atoms with Gasteiger partial charge in [0, 0.05) is 35.9 Å². The molecule has 2 aromatic rings. The third-order valence-corrected chi connectivity index (χ3v) is 5.57. The van der Waals surface area contributed by atoms with Gasteiger partial charge in [-0.2, -0.15) is 5.26 Å². The first-order valence-electron chi connectivity index (χ1n) is 9.98. The SMILES string of the molecule is CCC1C=c2[nH]c(O)c(C(C)=N/C(C=NC)=C/N)c2=CC1c1cc(C#N)ccc1C. The van der Waals surface area contributed by atoms with Gasteiger partial charge >= 0.3 is 0 Å². The van der Waals surface area contributed by atoms with E-state index in [1.807, 2.05) is 25.1 Å². The van der Waals surface area contributed by atoms with Crippen molar-refractivity contribution >= 4 is 24.1 Å². The summed E-state index contributed by atoms with van der Waals surface area (Å²) in [4.78, 5) is 11.6. The highest BCUT2D eigenvalue weighted by atomic mass is 16.3. The number of hydrogen-bond acceptors (Lipinski definition) is 5. The molecule has 1 heterocycles. The predicted molar refractivity (Wildman–Crippen MR) is 122 cm³/mol. The number of benzene rings is 1. The zero-order valence-electron chi connectivity index (χ0n) is 17.8. The fourth-order valence-corrected chi connectivity index (χ4v) is 4.06. The highest BCUT2D eigenvalue weighted by molar-refractivity contribution is 6.03. The molecular formula is C24H27N5O. The smallest absolute Gasteiger partial charge is 0.198 e. The lowest BCUT2D eigenvalue weighted by Gasteiger charge is -2.25. The highest BCUT2D eigenvalue weighted by Gasteiger charge is 2.25. The van der Waals surface area contributed by atoms with Gasteiger partial charge in [-0.1, -0.05) is 25.1 Å². The molecule has 4 N–H and O–H groups in total. The van der Waals surface area contributed by atoms with Gasteiger partial charge in [0.2, 0.25) is 0 Å². The molecule has 154 valence electrons. The van der Waals surface area contributed by atoms with Gasteiger partial charge < -0.3 is 15.8 Å². The molecular weight excluding hydrogens is 374 g/mol. The second-order valence-corrected chi connectivity index (χ2v) is 7.47. The Hall–Kier alpha value is -3.59. The number of nitrogens with one attached hydrogen (secondary N) is 1. The van der Waals surface area contributed by atoms with Gasteiger partial charge in [0.05, 0.1) is 28.6 Å². The van der Waals surface area contributed by atoms with Crippen molar-refractivity contribution in [3.63, 3.8) is 0 Å². The minimum absolute atomic E-state index is 0.0801. The molecule has 1 aromatic carbocycles. The number of nitriles is 1. The number of H-pyrrole nitrogens is 1. The van der Waals surface area contributed by atoms with E-state index in [2.05, 4.69) is 47.0 Å². The van der Waals surface area contributed by atoms with Crippen molar-refractivity contribution in [2.75, 3.05) is 7.05 Å². The monoisotopic (exact) mass is 401 g/mol. The lowest BCUT2D eigenvalue weighted by molar-refractivity contribution is 0.455. The molecule has 0 fully saturated rings. The summed E-state index contributed by atoms with van der Waals surface area (Å²) < 4.78 is 0. The van der Waals surface area contributed by atoms with Gasteiger partial charge in [0.1, 0.15) is 0 Å². The molecule has 30 heavy (non-hydrogen) atoms. The summed E-state index contributed by atoms with van der Waals surface area (Å²) in [5.41, 5.74) is 10.4. The van der Waals surface area contributed by atoms with Crippen LogP contribution in [0.25, 0.3) is 12.2 Å². The number of rotatable bonds is 5. The Labute approximate surface area is 176 Å². The summed E-state index contributed by atoms with van der Waals surface area (Å²) in [6, 6.07) is 8.05. The standard InChI is InChI=1S/C24H27N5O/c1-5-17-9-22-21(10-20(17)19-8-16(11-25)7-6-14(19)2)23(24(30)29-22)15(3)28-18(12-26)13-27-4/h6-10,12-13,17,20,29-30H,5,26H2,1-4H3/b18-12+,27-13?,28-15?. The van der Waals surface area contributed by atoms with Crippen LogP contribution in [0, 0.1) is 24.2 Å². The summed E-state index contributed by atoms with van der Waals surface area (Å²) in [5.74, 6) is 0.427. The molecule has 2 atom stereocenters. The number of aryl methyl sites for hydroxylation is 1. The summed E-state index contributed by atoms with van der Waals surface area (Å²) in [6.07, 6.45) is 8.24. The molecule has 1 aliphatic carbocycles. The number of fused-ring (bicyclic) bond motifs is 1. The molecule has 0 saturated carbocycles. The molecule has 6 heteroatoms. The Morgan fingerprint density at radius 2 is 2.13 bits per heavy atom. The van der Waals surface area contributed by atoms with Crippen LogP contribution in [-0.4, -0.2) is 29.1 Å². The molecule has 3 rings (SSSR count). The van der Waals surface area contributed by atoms with Crippen LogP contribution in [0.4, 0.5) is 0 Å². The zero-order valence-corrected chi connectivity index (χ0v) is 17.8. The first kappa shape index (κ1) is 21.1. The summed E-state index contributed by atoms with van der Waals surface area (Å²) in [5, 5.41) is 21.8. The number of nitrogens with two attached hydrogens (primary N) is 1. The van der Waals surface area contributed by atoms with Gasteiger partial charge in [-0.05, 0) is 49.4 Å². The number of hydrogen-bond donors (Lipinski definition) is 3. The fraction of sp³-hybridized carbons (Fsp3) is 0.292. The van der Waals surface area contributed by atoms with Crippen LogP contribution in [-0.2, 0) is 0 Å². The molecule has 0 amide bonds. The molecule has 0 saturated heterocycles. The van der Waals surface area contributed by atoms with Crippen molar-refractivity contribution < 1.29 is 5.11 Å². The maximum atomic E-state index is 10.6. The first-order valence-corrected chi connectivity index (χ1v) is 9.98. The van der Waals surface area contributed by atoms with E-state index in [9.17, 15) is 10.4 Å². The van der Waals surface area contributed by atoms with E-state index in [1.165, 1.54) is 6.20 Å². The van der Waals surface area contributed by atoms with Gasteiger partial charge in [0.15, 0.2) is 5.88 Å². The van der Waals surface area contributed by atoms with E-state index in [0.29, 0.717) is 22.5 Å². The Kier molecular flexibility index (Phi) is 6.22. The van der Waals surface area contributed by atoms with Crippen molar-refractivity contribution in [1.29, 1.82) is 5.26 Å². The number of aromatic amines is 1. The minimum Gasteiger partial charge on any atom is -0.494 e. The normalized spacial score (nSPS) is 19.2. The molecule has 6 nitrogen and oxygen atoms in total. The van der Waals surface area contributed by atoms with E-state index in [0.717, 1.165) is 28.1 Å². The van der Waals surface area contributed by atoms with Gasteiger partial charge in [-0.25, -0.2) is 4.99 Å². The Balaban J connectivity index is 2.22. The molecule has 1 aromatic heterocycles. The van der Waals surface area contributed by atoms with Crippen LogP contribution in [0.2, 0.25) is 0 Å². The fourth-order valence-electron chi connectivity index (χ4n) is 4.06. The molecule has 0 radical (unpaired) electrons. The summed E-state index contributed by atoms with van der Waals surface area (Å²) in [7, 11) is 1.65. The number of aromatic hydroxyl groups is 1. The average Bonchev–Trinajstić information content (AvgIpc) is 3.07.